The fraction of sp³-hybridized carbons (Fsp3) is 0.308. The first-order chi connectivity index (χ1) is 10.1. The van der Waals surface area contributed by atoms with Gasteiger partial charge in [-0.3, -0.25) is 4.79 Å². The van der Waals surface area contributed by atoms with Gasteiger partial charge in [-0.25, -0.2) is 0 Å². The summed E-state index contributed by atoms with van der Waals surface area (Å²) < 4.78 is 5.12. The van der Waals surface area contributed by atoms with E-state index < -0.39 is 5.91 Å². The highest BCUT2D eigenvalue weighted by Crippen LogP contribution is 2.25. The second kappa shape index (κ2) is 6.01. The number of hydrogen-bond acceptors (Lipinski definition) is 5. The van der Waals surface area contributed by atoms with E-state index in [-0.39, 0.29) is 11.9 Å². The summed E-state index contributed by atoms with van der Waals surface area (Å²) in [6.45, 7) is 0.915. The maximum atomic E-state index is 12.0. The summed E-state index contributed by atoms with van der Waals surface area (Å²) in [6, 6.07) is 4.83. The molecule has 0 saturated carbocycles. The summed E-state index contributed by atoms with van der Waals surface area (Å²) in [4.78, 5) is 16.2. The maximum Gasteiger partial charge on any atom is 0.297 e. The van der Waals surface area contributed by atoms with Crippen LogP contribution in [-0.2, 0) is 0 Å². The molecule has 110 valence electrons. The van der Waals surface area contributed by atoms with Crippen molar-refractivity contribution in [1.29, 1.82) is 0 Å². The van der Waals surface area contributed by atoms with E-state index in [9.17, 15) is 4.79 Å². The molecule has 2 heterocycles. The van der Waals surface area contributed by atoms with Crippen molar-refractivity contribution in [1.82, 2.24) is 15.5 Å². The highest BCUT2D eigenvalue weighted by atomic mass is 35.5. The molecule has 1 fully saturated rings. The van der Waals surface area contributed by atoms with Crippen LogP contribution in [0.1, 0.15) is 35.4 Å². The first kappa shape index (κ1) is 14.3. The average Bonchev–Trinajstić information content (AvgIpc) is 3.12. The van der Waals surface area contributed by atoms with Gasteiger partial charge in [0.05, 0.1) is 16.1 Å². The summed E-state index contributed by atoms with van der Waals surface area (Å²) >= 11 is 11.7. The first-order valence-corrected chi connectivity index (χ1v) is 7.22. The van der Waals surface area contributed by atoms with E-state index in [4.69, 9.17) is 27.7 Å². The van der Waals surface area contributed by atoms with Gasteiger partial charge in [-0.15, -0.1) is 0 Å². The third-order valence-corrected chi connectivity index (χ3v) is 3.92. The largest absolute Gasteiger partial charge is 0.337 e. The zero-order valence-corrected chi connectivity index (χ0v) is 12.4. The minimum absolute atomic E-state index is 0.00947. The molecule has 1 unspecified atom stereocenters. The van der Waals surface area contributed by atoms with Crippen LogP contribution >= 0.6 is 23.2 Å². The van der Waals surface area contributed by atoms with E-state index in [1.54, 1.807) is 18.2 Å². The third-order valence-electron chi connectivity index (χ3n) is 3.18. The van der Waals surface area contributed by atoms with Crippen LogP contribution in [0.5, 0.6) is 0 Å². The van der Waals surface area contributed by atoms with Crippen molar-refractivity contribution in [3.63, 3.8) is 0 Å². The van der Waals surface area contributed by atoms with Crippen LogP contribution in [-0.4, -0.2) is 22.6 Å². The molecule has 1 aliphatic rings. The van der Waals surface area contributed by atoms with Crippen molar-refractivity contribution in [2.75, 3.05) is 11.9 Å². The molecule has 0 aliphatic carbocycles. The molecule has 1 aliphatic heterocycles. The summed E-state index contributed by atoms with van der Waals surface area (Å²) in [7, 11) is 0. The molecule has 21 heavy (non-hydrogen) atoms. The number of hydrogen-bond donors (Lipinski definition) is 2. The lowest BCUT2D eigenvalue weighted by Crippen LogP contribution is -2.15. The Morgan fingerprint density at radius 2 is 2.24 bits per heavy atom. The Balaban J connectivity index is 1.71. The number of carbonyl (C=O) groups excluding carboxylic acids is 1. The minimum Gasteiger partial charge on any atom is -0.337 e. The Bertz CT molecular complexity index is 668. The number of amides is 1. The van der Waals surface area contributed by atoms with Gasteiger partial charge in [0.25, 0.3) is 11.7 Å². The Labute approximate surface area is 130 Å². The normalized spacial score (nSPS) is 17.9. The Kier molecular flexibility index (Phi) is 4.10. The number of benzene rings is 1. The van der Waals surface area contributed by atoms with Crippen molar-refractivity contribution in [3.8, 4) is 0 Å². The second-order valence-corrected chi connectivity index (χ2v) is 5.50. The molecule has 6 nitrogen and oxygen atoms in total. The van der Waals surface area contributed by atoms with Crippen molar-refractivity contribution in [2.24, 2.45) is 0 Å². The van der Waals surface area contributed by atoms with Crippen molar-refractivity contribution in [3.05, 3.63) is 40.0 Å². The van der Waals surface area contributed by atoms with E-state index in [0.717, 1.165) is 19.4 Å². The predicted octanol–water partition coefficient (Wildman–Crippen LogP) is 3.05. The van der Waals surface area contributed by atoms with Crippen LogP contribution in [0.4, 0.5) is 5.69 Å². The summed E-state index contributed by atoms with van der Waals surface area (Å²) in [5, 5.41) is 10.4. The SMILES string of the molecule is O=C(Nc1ccc(Cl)c(Cl)c1)c1noc(C2CCCN2)n1. The Morgan fingerprint density at radius 1 is 1.38 bits per heavy atom. The number of rotatable bonds is 3. The van der Waals surface area contributed by atoms with Crippen molar-refractivity contribution < 1.29 is 9.32 Å². The molecule has 8 heteroatoms. The van der Waals surface area contributed by atoms with Gasteiger partial charge in [-0.05, 0) is 37.6 Å². The second-order valence-electron chi connectivity index (χ2n) is 4.69. The number of aromatic nitrogens is 2. The topological polar surface area (TPSA) is 80.0 Å². The van der Waals surface area contributed by atoms with Crippen LogP contribution in [0, 0.1) is 0 Å². The monoisotopic (exact) mass is 326 g/mol. The fourth-order valence-electron chi connectivity index (χ4n) is 2.13. The standard InChI is InChI=1S/C13H12Cl2N4O2/c14-8-4-3-7(6-9(8)15)17-12(20)11-18-13(21-19-11)10-2-1-5-16-10/h3-4,6,10,16H,1-2,5H2,(H,17,20). The van der Waals surface area contributed by atoms with E-state index >= 15 is 0 Å². The number of nitrogens with zero attached hydrogens (tertiary/aromatic N) is 2. The number of carbonyl (C=O) groups is 1. The zero-order valence-electron chi connectivity index (χ0n) is 10.9. The summed E-state index contributed by atoms with van der Waals surface area (Å²) in [5.74, 6) is -0.0297. The molecule has 0 spiro atoms. The lowest BCUT2D eigenvalue weighted by molar-refractivity contribution is 0.101. The first-order valence-electron chi connectivity index (χ1n) is 6.47. The van der Waals surface area contributed by atoms with Crippen molar-refractivity contribution in [2.45, 2.75) is 18.9 Å². The molecule has 2 aromatic rings. The lowest BCUT2D eigenvalue weighted by atomic mass is 10.2. The predicted molar refractivity (Wildman–Crippen MR) is 78.7 cm³/mol. The summed E-state index contributed by atoms with van der Waals surface area (Å²) in [6.07, 6.45) is 1.98. The van der Waals surface area contributed by atoms with Gasteiger partial charge >= 0.3 is 0 Å². The fourth-order valence-corrected chi connectivity index (χ4v) is 2.42. The Morgan fingerprint density at radius 3 is 2.95 bits per heavy atom. The lowest BCUT2D eigenvalue weighted by Gasteiger charge is -2.03. The van der Waals surface area contributed by atoms with Gasteiger partial charge in [0.1, 0.15) is 0 Å². The Hall–Kier alpha value is -1.63. The van der Waals surface area contributed by atoms with Gasteiger partial charge in [0.2, 0.25) is 5.89 Å². The van der Waals surface area contributed by atoms with Gasteiger partial charge in [-0.1, -0.05) is 28.4 Å². The molecular formula is C13H12Cl2N4O2. The van der Waals surface area contributed by atoms with Gasteiger partial charge < -0.3 is 15.2 Å². The van der Waals surface area contributed by atoms with Crippen LogP contribution in [0.15, 0.2) is 22.7 Å². The molecule has 1 atom stereocenters. The third kappa shape index (κ3) is 3.18. The van der Waals surface area contributed by atoms with Gasteiger partial charge in [0.15, 0.2) is 0 Å². The van der Waals surface area contributed by atoms with Crippen LogP contribution < -0.4 is 10.6 Å². The highest BCUT2D eigenvalue weighted by molar-refractivity contribution is 6.42. The number of halogens is 2. The molecule has 1 saturated heterocycles. The van der Waals surface area contributed by atoms with E-state index in [0.29, 0.717) is 21.6 Å². The molecule has 1 aromatic carbocycles. The number of nitrogens with one attached hydrogen (secondary N) is 2. The van der Waals surface area contributed by atoms with E-state index in [2.05, 4.69) is 20.8 Å². The van der Waals surface area contributed by atoms with Crippen LogP contribution in [0.25, 0.3) is 0 Å². The highest BCUT2D eigenvalue weighted by Gasteiger charge is 2.24. The molecule has 3 rings (SSSR count). The smallest absolute Gasteiger partial charge is 0.297 e. The molecule has 0 bridgehead atoms. The van der Waals surface area contributed by atoms with Crippen LogP contribution in [0.3, 0.4) is 0 Å². The molecule has 1 aromatic heterocycles. The van der Waals surface area contributed by atoms with Gasteiger partial charge in [0, 0.05) is 5.69 Å². The van der Waals surface area contributed by atoms with Gasteiger partial charge in [-0.2, -0.15) is 4.98 Å². The number of anilines is 1. The van der Waals surface area contributed by atoms with Crippen molar-refractivity contribution >= 4 is 34.8 Å². The van der Waals surface area contributed by atoms with E-state index in [1.807, 2.05) is 0 Å². The summed E-state index contributed by atoms with van der Waals surface area (Å²) in [5.41, 5.74) is 0.514. The zero-order chi connectivity index (χ0) is 14.8. The molecule has 2 N–H and O–H groups in total. The minimum atomic E-state index is -0.457. The quantitative estimate of drug-likeness (QED) is 0.906. The molecule has 1 amide bonds. The molecule has 0 radical (unpaired) electrons. The van der Waals surface area contributed by atoms with Crippen LogP contribution in [0.2, 0.25) is 10.0 Å². The average molecular weight is 327 g/mol. The molecular weight excluding hydrogens is 315 g/mol. The van der Waals surface area contributed by atoms with E-state index in [1.165, 1.54) is 0 Å². The maximum absolute atomic E-state index is 12.0.